The Hall–Kier alpha value is -2.43. The SMILES string of the molecule is CCC(O)CC(O)/C=C/c1c(-c2ccc(F)cc2)c2ccccc2n1C(C)C. The summed E-state index contributed by atoms with van der Waals surface area (Å²) in [4.78, 5) is 0. The van der Waals surface area contributed by atoms with Gasteiger partial charge < -0.3 is 14.8 Å². The predicted molar refractivity (Wildman–Crippen MR) is 114 cm³/mol. The van der Waals surface area contributed by atoms with Crippen molar-refractivity contribution < 1.29 is 14.6 Å². The molecule has 1 aromatic heterocycles. The Kier molecular flexibility index (Phi) is 6.32. The minimum absolute atomic E-state index is 0.206. The van der Waals surface area contributed by atoms with Crippen LogP contribution in [0.25, 0.3) is 28.1 Å². The van der Waals surface area contributed by atoms with Gasteiger partial charge in [0.15, 0.2) is 0 Å². The molecule has 0 saturated heterocycles. The van der Waals surface area contributed by atoms with E-state index in [1.165, 1.54) is 12.1 Å². The first-order valence-electron chi connectivity index (χ1n) is 9.85. The molecule has 0 amide bonds. The highest BCUT2D eigenvalue weighted by atomic mass is 19.1. The van der Waals surface area contributed by atoms with Gasteiger partial charge in [0, 0.05) is 34.6 Å². The third kappa shape index (κ3) is 4.18. The molecule has 0 aliphatic heterocycles. The minimum atomic E-state index is -0.727. The number of aliphatic hydroxyl groups is 2. The molecule has 28 heavy (non-hydrogen) atoms. The van der Waals surface area contributed by atoms with E-state index in [4.69, 9.17) is 0 Å². The maximum absolute atomic E-state index is 13.5. The van der Waals surface area contributed by atoms with Crippen molar-refractivity contribution in [1.82, 2.24) is 4.57 Å². The molecule has 3 nitrogen and oxygen atoms in total. The number of fused-ring (bicyclic) bond motifs is 1. The van der Waals surface area contributed by atoms with Crippen molar-refractivity contribution in [1.29, 1.82) is 0 Å². The first kappa shape index (κ1) is 20.3. The quantitative estimate of drug-likeness (QED) is 0.562. The fourth-order valence-corrected chi connectivity index (χ4v) is 3.65. The van der Waals surface area contributed by atoms with Crippen molar-refractivity contribution in [3.8, 4) is 11.1 Å². The lowest BCUT2D eigenvalue weighted by atomic mass is 10.0. The van der Waals surface area contributed by atoms with E-state index in [-0.39, 0.29) is 11.9 Å². The van der Waals surface area contributed by atoms with Gasteiger partial charge in [0.05, 0.1) is 12.2 Å². The summed E-state index contributed by atoms with van der Waals surface area (Å²) in [6.07, 6.45) is 3.32. The molecule has 0 radical (unpaired) electrons. The van der Waals surface area contributed by atoms with E-state index in [0.29, 0.717) is 12.8 Å². The molecule has 4 heteroatoms. The third-order valence-corrected chi connectivity index (χ3v) is 5.06. The number of aliphatic hydroxyl groups excluding tert-OH is 2. The fourth-order valence-electron chi connectivity index (χ4n) is 3.65. The summed E-state index contributed by atoms with van der Waals surface area (Å²) in [5.41, 5.74) is 4.01. The van der Waals surface area contributed by atoms with Crippen LogP contribution in [0.4, 0.5) is 4.39 Å². The lowest BCUT2D eigenvalue weighted by Crippen LogP contribution is -2.14. The minimum Gasteiger partial charge on any atom is -0.393 e. The average molecular weight is 381 g/mol. The van der Waals surface area contributed by atoms with Crippen LogP contribution in [0.3, 0.4) is 0 Å². The van der Waals surface area contributed by atoms with Gasteiger partial charge in [-0.05, 0) is 50.1 Å². The molecule has 3 aromatic rings. The lowest BCUT2D eigenvalue weighted by molar-refractivity contribution is 0.102. The zero-order valence-corrected chi connectivity index (χ0v) is 16.6. The van der Waals surface area contributed by atoms with Gasteiger partial charge in [0.1, 0.15) is 5.82 Å². The predicted octanol–water partition coefficient (Wildman–Crippen LogP) is 5.56. The van der Waals surface area contributed by atoms with Crippen molar-refractivity contribution in [2.45, 2.75) is 51.9 Å². The molecule has 2 unspecified atom stereocenters. The summed E-state index contributed by atoms with van der Waals surface area (Å²) in [7, 11) is 0. The van der Waals surface area contributed by atoms with Crippen molar-refractivity contribution in [2.75, 3.05) is 0 Å². The standard InChI is InChI=1S/C24H28FNO2/c1-4-19(27)15-20(28)13-14-23-24(17-9-11-18(25)12-10-17)21-7-5-6-8-22(21)26(23)16(2)3/h5-14,16,19-20,27-28H,4,15H2,1-3H3/b14-13+. The molecule has 2 aromatic carbocycles. The summed E-state index contributed by atoms with van der Waals surface area (Å²) in [5.74, 6) is -0.266. The van der Waals surface area contributed by atoms with E-state index in [0.717, 1.165) is 27.7 Å². The zero-order chi connectivity index (χ0) is 20.3. The number of hydrogen-bond acceptors (Lipinski definition) is 2. The highest BCUT2D eigenvalue weighted by molar-refractivity contribution is 6.01. The Labute approximate surface area is 165 Å². The van der Waals surface area contributed by atoms with Crippen LogP contribution in [0.2, 0.25) is 0 Å². The molecular formula is C24H28FNO2. The first-order chi connectivity index (χ1) is 13.4. The van der Waals surface area contributed by atoms with Gasteiger partial charge in [-0.25, -0.2) is 4.39 Å². The van der Waals surface area contributed by atoms with E-state index in [1.807, 2.05) is 25.1 Å². The first-order valence-corrected chi connectivity index (χ1v) is 9.85. The lowest BCUT2D eigenvalue weighted by Gasteiger charge is -2.15. The zero-order valence-electron chi connectivity index (χ0n) is 16.6. The van der Waals surface area contributed by atoms with Crippen molar-refractivity contribution in [2.24, 2.45) is 0 Å². The number of halogens is 1. The van der Waals surface area contributed by atoms with Gasteiger partial charge >= 0.3 is 0 Å². The van der Waals surface area contributed by atoms with Crippen LogP contribution >= 0.6 is 0 Å². The highest BCUT2D eigenvalue weighted by Gasteiger charge is 2.19. The smallest absolute Gasteiger partial charge is 0.123 e. The summed E-state index contributed by atoms with van der Waals surface area (Å²) in [5, 5.41) is 21.2. The molecule has 2 atom stereocenters. The van der Waals surface area contributed by atoms with Crippen LogP contribution < -0.4 is 0 Å². The van der Waals surface area contributed by atoms with Crippen LogP contribution in [0.1, 0.15) is 45.3 Å². The van der Waals surface area contributed by atoms with E-state index < -0.39 is 12.2 Å². The summed E-state index contributed by atoms with van der Waals surface area (Å²) in [6.45, 7) is 6.13. The van der Waals surface area contributed by atoms with E-state index in [1.54, 1.807) is 18.2 Å². The van der Waals surface area contributed by atoms with Crippen molar-refractivity contribution >= 4 is 17.0 Å². The number of para-hydroxylation sites is 1. The number of benzene rings is 2. The Bertz CT molecular complexity index is 957. The molecule has 2 N–H and O–H groups in total. The number of aromatic nitrogens is 1. The Morgan fingerprint density at radius 1 is 1.04 bits per heavy atom. The largest absolute Gasteiger partial charge is 0.393 e. The van der Waals surface area contributed by atoms with Gasteiger partial charge in [-0.15, -0.1) is 0 Å². The topological polar surface area (TPSA) is 45.4 Å². The Morgan fingerprint density at radius 2 is 1.71 bits per heavy atom. The molecule has 0 aliphatic carbocycles. The monoisotopic (exact) mass is 381 g/mol. The summed E-state index contributed by atoms with van der Waals surface area (Å²) in [6, 6.07) is 14.9. The maximum atomic E-state index is 13.5. The normalized spacial score (nSPS) is 14.2. The van der Waals surface area contributed by atoms with Gasteiger partial charge in [0.2, 0.25) is 0 Å². The Morgan fingerprint density at radius 3 is 2.36 bits per heavy atom. The summed E-state index contributed by atoms with van der Waals surface area (Å²) < 4.78 is 15.7. The van der Waals surface area contributed by atoms with Crippen LogP contribution in [0.5, 0.6) is 0 Å². The highest BCUT2D eigenvalue weighted by Crippen LogP contribution is 2.38. The Balaban J connectivity index is 2.17. The molecule has 1 heterocycles. The molecule has 0 spiro atoms. The van der Waals surface area contributed by atoms with Crippen LogP contribution in [0.15, 0.2) is 54.6 Å². The maximum Gasteiger partial charge on any atom is 0.123 e. The van der Waals surface area contributed by atoms with E-state index in [2.05, 4.69) is 30.5 Å². The molecule has 0 saturated carbocycles. The van der Waals surface area contributed by atoms with Crippen LogP contribution in [-0.4, -0.2) is 27.0 Å². The van der Waals surface area contributed by atoms with Gasteiger partial charge in [-0.3, -0.25) is 0 Å². The molecule has 148 valence electrons. The molecule has 3 rings (SSSR count). The summed E-state index contributed by atoms with van der Waals surface area (Å²) >= 11 is 0. The van der Waals surface area contributed by atoms with Gasteiger partial charge in [-0.1, -0.05) is 43.3 Å². The number of rotatable bonds is 7. The van der Waals surface area contributed by atoms with Crippen LogP contribution in [0, 0.1) is 5.82 Å². The number of nitrogens with zero attached hydrogens (tertiary/aromatic N) is 1. The van der Waals surface area contributed by atoms with Crippen LogP contribution in [-0.2, 0) is 0 Å². The van der Waals surface area contributed by atoms with E-state index in [9.17, 15) is 14.6 Å². The second-order valence-corrected chi connectivity index (χ2v) is 7.47. The van der Waals surface area contributed by atoms with E-state index >= 15 is 0 Å². The molecule has 0 bridgehead atoms. The fraction of sp³-hybridized carbons (Fsp3) is 0.333. The average Bonchev–Trinajstić information content (AvgIpc) is 3.01. The second-order valence-electron chi connectivity index (χ2n) is 7.47. The third-order valence-electron chi connectivity index (χ3n) is 5.06. The molecular weight excluding hydrogens is 353 g/mol. The van der Waals surface area contributed by atoms with Gasteiger partial charge in [0.25, 0.3) is 0 Å². The second kappa shape index (κ2) is 8.72. The van der Waals surface area contributed by atoms with Crippen molar-refractivity contribution in [3.05, 3.63) is 66.1 Å². The molecule has 0 aliphatic rings. The molecule has 0 fully saturated rings. The van der Waals surface area contributed by atoms with Gasteiger partial charge in [-0.2, -0.15) is 0 Å². The number of hydrogen-bond donors (Lipinski definition) is 2. The van der Waals surface area contributed by atoms with Crippen molar-refractivity contribution in [3.63, 3.8) is 0 Å².